The van der Waals surface area contributed by atoms with E-state index < -0.39 is 0 Å². The van der Waals surface area contributed by atoms with Crippen LogP contribution in [0.3, 0.4) is 0 Å². The van der Waals surface area contributed by atoms with Gasteiger partial charge in [-0.05, 0) is 31.2 Å². The highest BCUT2D eigenvalue weighted by molar-refractivity contribution is 7.16. The summed E-state index contributed by atoms with van der Waals surface area (Å²) < 4.78 is 0.754. The minimum Gasteiger partial charge on any atom is -0.390 e. The van der Waals surface area contributed by atoms with Crippen LogP contribution in [0.2, 0.25) is 9.36 Å². The summed E-state index contributed by atoms with van der Waals surface area (Å²) in [5.74, 6) is 0. The van der Waals surface area contributed by atoms with Crippen molar-refractivity contribution in [1.82, 2.24) is 0 Å². The van der Waals surface area contributed by atoms with Crippen LogP contribution < -0.4 is 0 Å². The van der Waals surface area contributed by atoms with Gasteiger partial charge in [-0.3, -0.25) is 0 Å². The van der Waals surface area contributed by atoms with Gasteiger partial charge in [0.2, 0.25) is 0 Å². The number of benzene rings is 1. The van der Waals surface area contributed by atoms with E-state index in [0.717, 1.165) is 20.5 Å². The normalized spacial score (nSPS) is 11.6. The van der Waals surface area contributed by atoms with E-state index in [-0.39, 0.29) is 0 Å². The number of halogens is 2. The van der Waals surface area contributed by atoms with Gasteiger partial charge < -0.3 is 4.84 Å². The zero-order chi connectivity index (χ0) is 13.0. The van der Waals surface area contributed by atoms with Crippen LogP contribution in [0.1, 0.15) is 17.4 Å². The lowest BCUT2D eigenvalue weighted by atomic mass is 10.1. The summed E-state index contributed by atoms with van der Waals surface area (Å²) in [5.41, 5.74) is 1.74. The van der Waals surface area contributed by atoms with Gasteiger partial charge in [0.1, 0.15) is 0 Å². The highest BCUT2D eigenvalue weighted by Gasteiger charge is 2.00. The van der Waals surface area contributed by atoms with Gasteiger partial charge in [-0.1, -0.05) is 40.5 Å². The maximum atomic E-state index is 5.91. The molecule has 2 nitrogen and oxygen atoms in total. The average Bonchev–Trinajstić information content (AvgIpc) is 2.75. The summed E-state index contributed by atoms with van der Waals surface area (Å²) in [5, 5.41) is 4.75. The van der Waals surface area contributed by atoms with Gasteiger partial charge in [-0.2, -0.15) is 0 Å². The topological polar surface area (TPSA) is 21.6 Å². The first-order valence-corrected chi connectivity index (χ1v) is 6.89. The van der Waals surface area contributed by atoms with Crippen molar-refractivity contribution in [2.45, 2.75) is 13.5 Å². The second-order valence-corrected chi connectivity index (χ2v) is 5.90. The van der Waals surface area contributed by atoms with Crippen molar-refractivity contribution in [3.8, 4) is 0 Å². The van der Waals surface area contributed by atoms with E-state index in [9.17, 15) is 0 Å². The molecular weight excluding hydrogens is 289 g/mol. The van der Waals surface area contributed by atoms with E-state index in [1.54, 1.807) is 0 Å². The molecule has 0 atom stereocenters. The molecule has 5 heteroatoms. The second-order valence-electron chi connectivity index (χ2n) is 3.67. The summed E-state index contributed by atoms with van der Waals surface area (Å²) in [6.45, 7) is 2.31. The molecule has 0 radical (unpaired) electrons. The first-order valence-electron chi connectivity index (χ1n) is 5.32. The maximum absolute atomic E-state index is 5.91. The summed E-state index contributed by atoms with van der Waals surface area (Å²) in [7, 11) is 0. The fourth-order valence-corrected chi connectivity index (χ4v) is 2.57. The fraction of sp³-hybridized carbons (Fsp3) is 0.154. The third kappa shape index (κ3) is 3.73. The molecule has 0 bridgehead atoms. The molecule has 2 rings (SSSR count). The van der Waals surface area contributed by atoms with Crippen LogP contribution >= 0.6 is 34.5 Å². The second kappa shape index (κ2) is 6.23. The first kappa shape index (κ1) is 13.4. The molecule has 18 heavy (non-hydrogen) atoms. The molecule has 2 aromatic rings. The SMILES string of the molecule is CC(=NOCc1ccc(Cl)s1)c1cccc(Cl)c1. The molecule has 0 saturated carbocycles. The van der Waals surface area contributed by atoms with E-state index in [2.05, 4.69) is 5.16 Å². The zero-order valence-electron chi connectivity index (χ0n) is 9.69. The van der Waals surface area contributed by atoms with Crippen molar-refractivity contribution in [1.29, 1.82) is 0 Å². The third-order valence-corrected chi connectivity index (χ3v) is 3.72. The minimum atomic E-state index is 0.426. The van der Waals surface area contributed by atoms with Crippen LogP contribution in [0, 0.1) is 0 Å². The summed E-state index contributed by atoms with van der Waals surface area (Å²) >= 11 is 13.2. The Morgan fingerprint density at radius 1 is 1.28 bits per heavy atom. The standard InChI is InChI=1S/C13H11Cl2NOS/c1-9(10-3-2-4-11(14)7-10)16-17-8-12-5-6-13(15)18-12/h2-7H,8H2,1H3. The third-order valence-electron chi connectivity index (χ3n) is 2.28. The van der Waals surface area contributed by atoms with Crippen molar-refractivity contribution in [2.24, 2.45) is 5.16 Å². The summed E-state index contributed by atoms with van der Waals surface area (Å²) in [4.78, 5) is 6.33. The van der Waals surface area contributed by atoms with E-state index >= 15 is 0 Å². The number of rotatable bonds is 4. The van der Waals surface area contributed by atoms with Gasteiger partial charge in [0.25, 0.3) is 0 Å². The van der Waals surface area contributed by atoms with Crippen LogP contribution in [-0.4, -0.2) is 5.71 Å². The summed E-state index contributed by atoms with van der Waals surface area (Å²) in [6, 6.07) is 11.3. The van der Waals surface area contributed by atoms with E-state index in [4.69, 9.17) is 28.0 Å². The van der Waals surface area contributed by atoms with Gasteiger partial charge in [-0.15, -0.1) is 11.3 Å². The van der Waals surface area contributed by atoms with Crippen LogP contribution in [0.25, 0.3) is 0 Å². The van der Waals surface area contributed by atoms with Gasteiger partial charge in [0.05, 0.1) is 10.0 Å². The molecule has 1 aromatic heterocycles. The van der Waals surface area contributed by atoms with Gasteiger partial charge in [-0.25, -0.2) is 0 Å². The molecule has 0 aliphatic rings. The molecule has 0 fully saturated rings. The number of nitrogens with zero attached hydrogens (tertiary/aromatic N) is 1. The molecule has 0 unspecified atom stereocenters. The Morgan fingerprint density at radius 2 is 2.11 bits per heavy atom. The van der Waals surface area contributed by atoms with Gasteiger partial charge >= 0.3 is 0 Å². The molecule has 94 valence electrons. The average molecular weight is 300 g/mol. The quantitative estimate of drug-likeness (QED) is 0.575. The maximum Gasteiger partial charge on any atom is 0.151 e. The Kier molecular flexibility index (Phi) is 4.64. The lowest BCUT2D eigenvalue weighted by Gasteiger charge is -2.01. The predicted octanol–water partition coefficient (Wildman–Crippen LogP) is 5.00. The Labute approximate surface area is 120 Å². The molecule has 0 N–H and O–H groups in total. The van der Waals surface area contributed by atoms with Crippen LogP contribution in [0.5, 0.6) is 0 Å². The number of thiophene rings is 1. The molecule has 0 amide bonds. The lowest BCUT2D eigenvalue weighted by molar-refractivity contribution is 0.133. The summed E-state index contributed by atoms with van der Waals surface area (Å²) in [6.07, 6.45) is 0. The predicted molar refractivity (Wildman–Crippen MR) is 77.8 cm³/mol. The molecule has 0 spiro atoms. The lowest BCUT2D eigenvalue weighted by Crippen LogP contribution is -1.96. The Balaban J connectivity index is 1.97. The Hall–Kier alpha value is -1.03. The fourth-order valence-electron chi connectivity index (χ4n) is 1.39. The van der Waals surface area contributed by atoms with Crippen molar-refractivity contribution in [2.75, 3.05) is 0 Å². The van der Waals surface area contributed by atoms with Crippen LogP contribution in [0.15, 0.2) is 41.6 Å². The first-order chi connectivity index (χ1) is 8.65. The van der Waals surface area contributed by atoms with E-state index in [0.29, 0.717) is 11.6 Å². The monoisotopic (exact) mass is 299 g/mol. The molecule has 0 aliphatic heterocycles. The highest BCUT2D eigenvalue weighted by Crippen LogP contribution is 2.22. The Bertz CT molecular complexity index is 566. The highest BCUT2D eigenvalue weighted by atomic mass is 35.5. The molecule has 0 aliphatic carbocycles. The van der Waals surface area contributed by atoms with E-state index in [1.807, 2.05) is 43.3 Å². The van der Waals surface area contributed by atoms with Crippen molar-refractivity contribution < 1.29 is 4.84 Å². The minimum absolute atomic E-state index is 0.426. The number of hydrogen-bond acceptors (Lipinski definition) is 3. The van der Waals surface area contributed by atoms with E-state index in [1.165, 1.54) is 11.3 Å². The van der Waals surface area contributed by atoms with Crippen LogP contribution in [-0.2, 0) is 11.4 Å². The Morgan fingerprint density at radius 3 is 2.78 bits per heavy atom. The zero-order valence-corrected chi connectivity index (χ0v) is 12.0. The molecular formula is C13H11Cl2NOS. The van der Waals surface area contributed by atoms with Crippen molar-refractivity contribution in [3.05, 3.63) is 56.2 Å². The molecule has 1 aromatic carbocycles. The number of oxime groups is 1. The smallest absolute Gasteiger partial charge is 0.151 e. The molecule has 0 saturated heterocycles. The molecule has 1 heterocycles. The van der Waals surface area contributed by atoms with Crippen molar-refractivity contribution in [3.63, 3.8) is 0 Å². The van der Waals surface area contributed by atoms with Crippen molar-refractivity contribution >= 4 is 40.3 Å². The largest absolute Gasteiger partial charge is 0.390 e. The van der Waals surface area contributed by atoms with Gasteiger partial charge in [0, 0.05) is 15.5 Å². The number of hydrogen-bond donors (Lipinski definition) is 0. The van der Waals surface area contributed by atoms with Crippen LogP contribution in [0.4, 0.5) is 0 Å². The van der Waals surface area contributed by atoms with Gasteiger partial charge in [0.15, 0.2) is 6.61 Å².